The Hall–Kier alpha value is -1.89. The number of thiazole rings is 1. The minimum absolute atomic E-state index is 0.751. The van der Waals surface area contributed by atoms with Gasteiger partial charge in [0.25, 0.3) is 0 Å². The van der Waals surface area contributed by atoms with Gasteiger partial charge in [0.05, 0.1) is 17.2 Å². The van der Waals surface area contributed by atoms with Gasteiger partial charge >= 0.3 is 0 Å². The number of aromatic nitrogens is 3. The van der Waals surface area contributed by atoms with E-state index in [0.717, 1.165) is 42.1 Å². The van der Waals surface area contributed by atoms with E-state index in [-0.39, 0.29) is 0 Å². The molecule has 0 aliphatic carbocycles. The van der Waals surface area contributed by atoms with E-state index in [2.05, 4.69) is 30.2 Å². The van der Waals surface area contributed by atoms with Crippen LogP contribution < -0.4 is 10.6 Å². The zero-order valence-corrected chi connectivity index (χ0v) is 13.8. The van der Waals surface area contributed by atoms with Crippen molar-refractivity contribution in [2.45, 2.75) is 33.9 Å². The molecule has 2 N–H and O–H groups in total. The Kier molecular flexibility index (Phi) is 5.32. The fourth-order valence-corrected chi connectivity index (χ4v) is 2.93. The average molecular weight is 306 g/mol. The molecule has 2 aromatic rings. The molecule has 0 aliphatic heterocycles. The Bertz CT molecular complexity index is 613. The molecule has 21 heavy (non-hydrogen) atoms. The first-order valence-electron chi connectivity index (χ1n) is 6.95. The van der Waals surface area contributed by atoms with Crippen molar-refractivity contribution in [2.75, 3.05) is 13.6 Å². The normalized spacial score (nSPS) is 11.7. The maximum absolute atomic E-state index is 4.43. The van der Waals surface area contributed by atoms with Gasteiger partial charge in [-0.1, -0.05) is 0 Å². The lowest BCUT2D eigenvalue weighted by atomic mass is 10.4. The molecule has 0 atom stereocenters. The van der Waals surface area contributed by atoms with Gasteiger partial charge in [-0.05, 0) is 20.8 Å². The standard InChI is InChI=1S/C14H22N6S/c1-10-13(21-12(3)19-10)9-18-14(15-4)17-6-8-20-7-5-16-11(20)2/h5,7H,6,8-9H2,1-4H3,(H2,15,17,18). The minimum atomic E-state index is 0.751. The summed E-state index contributed by atoms with van der Waals surface area (Å²) in [6.07, 6.45) is 3.80. The molecule has 0 bridgehead atoms. The lowest BCUT2D eigenvalue weighted by Gasteiger charge is -2.12. The Morgan fingerprint density at radius 3 is 2.71 bits per heavy atom. The van der Waals surface area contributed by atoms with Crippen LogP contribution in [0.1, 0.15) is 21.4 Å². The van der Waals surface area contributed by atoms with E-state index in [4.69, 9.17) is 0 Å². The van der Waals surface area contributed by atoms with Crippen molar-refractivity contribution in [3.05, 3.63) is 33.8 Å². The summed E-state index contributed by atoms with van der Waals surface area (Å²) in [6, 6.07) is 0. The second-order valence-electron chi connectivity index (χ2n) is 4.76. The predicted octanol–water partition coefficient (Wildman–Crippen LogP) is 1.63. The Labute approximate surface area is 129 Å². The van der Waals surface area contributed by atoms with Crippen molar-refractivity contribution >= 4 is 17.3 Å². The smallest absolute Gasteiger partial charge is 0.191 e. The average Bonchev–Trinajstić information content (AvgIpc) is 2.99. The topological polar surface area (TPSA) is 67.1 Å². The molecule has 6 nitrogen and oxygen atoms in total. The fourth-order valence-electron chi connectivity index (χ4n) is 2.06. The molecule has 2 aromatic heterocycles. The van der Waals surface area contributed by atoms with E-state index < -0.39 is 0 Å². The van der Waals surface area contributed by atoms with E-state index in [1.165, 1.54) is 4.88 Å². The molecule has 0 unspecified atom stereocenters. The van der Waals surface area contributed by atoms with Crippen LogP contribution >= 0.6 is 11.3 Å². The van der Waals surface area contributed by atoms with Gasteiger partial charge in [-0.25, -0.2) is 9.97 Å². The summed E-state index contributed by atoms with van der Waals surface area (Å²) in [6.45, 7) is 8.49. The van der Waals surface area contributed by atoms with Gasteiger partial charge in [-0.15, -0.1) is 11.3 Å². The van der Waals surface area contributed by atoms with Gasteiger partial charge in [0.15, 0.2) is 5.96 Å². The Balaban J connectivity index is 1.78. The Morgan fingerprint density at radius 2 is 2.14 bits per heavy atom. The third kappa shape index (κ3) is 4.29. The predicted molar refractivity (Wildman–Crippen MR) is 86.8 cm³/mol. The number of aryl methyl sites for hydroxylation is 3. The highest BCUT2D eigenvalue weighted by Gasteiger charge is 2.05. The Morgan fingerprint density at radius 1 is 1.33 bits per heavy atom. The molecule has 0 spiro atoms. The lowest BCUT2D eigenvalue weighted by molar-refractivity contribution is 0.645. The van der Waals surface area contributed by atoms with Gasteiger partial charge in [0.1, 0.15) is 5.82 Å². The highest BCUT2D eigenvalue weighted by molar-refractivity contribution is 7.11. The van der Waals surface area contributed by atoms with E-state index in [0.29, 0.717) is 0 Å². The molecule has 0 saturated heterocycles. The van der Waals surface area contributed by atoms with Crippen LogP contribution in [0.2, 0.25) is 0 Å². The second kappa shape index (κ2) is 7.21. The number of imidazole rings is 1. The van der Waals surface area contributed by atoms with Crippen LogP contribution in [0.15, 0.2) is 17.4 Å². The molecule has 0 aliphatic rings. The molecule has 7 heteroatoms. The summed E-state index contributed by atoms with van der Waals surface area (Å²) in [5.41, 5.74) is 1.09. The number of nitrogens with one attached hydrogen (secondary N) is 2. The minimum Gasteiger partial charge on any atom is -0.355 e. The number of hydrogen-bond donors (Lipinski definition) is 2. The molecular formula is C14H22N6S. The van der Waals surface area contributed by atoms with Crippen molar-refractivity contribution in [3.8, 4) is 0 Å². The van der Waals surface area contributed by atoms with Crippen LogP contribution in [0.4, 0.5) is 0 Å². The van der Waals surface area contributed by atoms with Crippen LogP contribution in [0.3, 0.4) is 0 Å². The van der Waals surface area contributed by atoms with Crippen LogP contribution in [0.25, 0.3) is 0 Å². The lowest BCUT2D eigenvalue weighted by Crippen LogP contribution is -2.38. The summed E-state index contributed by atoms with van der Waals surface area (Å²) >= 11 is 1.72. The first-order valence-corrected chi connectivity index (χ1v) is 7.77. The van der Waals surface area contributed by atoms with E-state index in [1.54, 1.807) is 18.4 Å². The highest BCUT2D eigenvalue weighted by atomic mass is 32.1. The summed E-state index contributed by atoms with van der Waals surface area (Å²) in [5.74, 6) is 1.83. The van der Waals surface area contributed by atoms with Gasteiger partial charge in [-0.2, -0.15) is 0 Å². The summed E-state index contributed by atoms with van der Waals surface area (Å²) in [5, 5.41) is 7.72. The number of hydrogen-bond acceptors (Lipinski definition) is 4. The van der Waals surface area contributed by atoms with Crippen molar-refractivity contribution in [3.63, 3.8) is 0 Å². The zero-order chi connectivity index (χ0) is 15.2. The summed E-state index contributed by atoms with van der Waals surface area (Å²) < 4.78 is 2.11. The quantitative estimate of drug-likeness (QED) is 0.651. The first-order chi connectivity index (χ1) is 10.1. The third-order valence-electron chi connectivity index (χ3n) is 3.21. The molecule has 0 radical (unpaired) electrons. The van der Waals surface area contributed by atoms with Gasteiger partial charge in [0.2, 0.25) is 0 Å². The largest absolute Gasteiger partial charge is 0.355 e. The number of rotatable bonds is 5. The third-order valence-corrected chi connectivity index (χ3v) is 4.28. The molecule has 0 aromatic carbocycles. The monoisotopic (exact) mass is 306 g/mol. The van der Waals surface area contributed by atoms with Crippen molar-refractivity contribution in [2.24, 2.45) is 4.99 Å². The summed E-state index contributed by atoms with van der Waals surface area (Å²) in [4.78, 5) is 14.1. The van der Waals surface area contributed by atoms with Crippen LogP contribution in [-0.4, -0.2) is 34.1 Å². The van der Waals surface area contributed by atoms with Crippen molar-refractivity contribution in [1.82, 2.24) is 25.2 Å². The van der Waals surface area contributed by atoms with Crippen LogP contribution in [-0.2, 0) is 13.1 Å². The van der Waals surface area contributed by atoms with E-state index in [1.807, 2.05) is 33.2 Å². The summed E-state index contributed by atoms with van der Waals surface area (Å²) in [7, 11) is 1.78. The fraction of sp³-hybridized carbons (Fsp3) is 0.500. The molecule has 0 amide bonds. The molecule has 0 saturated carbocycles. The van der Waals surface area contributed by atoms with E-state index in [9.17, 15) is 0 Å². The SMILES string of the molecule is CN=C(NCCn1ccnc1C)NCc1sc(C)nc1C. The number of nitrogens with zero attached hydrogens (tertiary/aromatic N) is 4. The molecule has 114 valence electrons. The van der Waals surface area contributed by atoms with Gasteiger partial charge in [0, 0.05) is 37.4 Å². The second-order valence-corrected chi connectivity index (χ2v) is 6.05. The van der Waals surface area contributed by atoms with Gasteiger partial charge < -0.3 is 15.2 Å². The number of aliphatic imine (C=N–C) groups is 1. The maximum atomic E-state index is 4.43. The first kappa shape index (κ1) is 15.5. The van der Waals surface area contributed by atoms with Crippen molar-refractivity contribution < 1.29 is 0 Å². The number of guanidine groups is 1. The van der Waals surface area contributed by atoms with Crippen LogP contribution in [0.5, 0.6) is 0 Å². The van der Waals surface area contributed by atoms with Gasteiger partial charge in [-0.3, -0.25) is 4.99 Å². The molecule has 0 fully saturated rings. The molecular weight excluding hydrogens is 284 g/mol. The molecule has 2 rings (SSSR count). The highest BCUT2D eigenvalue weighted by Crippen LogP contribution is 2.16. The molecule has 2 heterocycles. The van der Waals surface area contributed by atoms with Crippen molar-refractivity contribution in [1.29, 1.82) is 0 Å². The van der Waals surface area contributed by atoms with Crippen LogP contribution in [0, 0.1) is 20.8 Å². The maximum Gasteiger partial charge on any atom is 0.191 e. The zero-order valence-electron chi connectivity index (χ0n) is 13.0. The van der Waals surface area contributed by atoms with E-state index >= 15 is 0 Å².